The number of hydrogen-bond acceptors (Lipinski definition) is 4. The number of rotatable bonds is 0. The van der Waals surface area contributed by atoms with Crippen LogP contribution in [0.15, 0.2) is 24.3 Å². The molecule has 6 nitrogen and oxygen atoms in total. The first-order valence-corrected chi connectivity index (χ1v) is 4.43. The average molecular weight is 222 g/mol. The van der Waals surface area contributed by atoms with Gasteiger partial charge in [-0.25, -0.2) is 4.79 Å². The van der Waals surface area contributed by atoms with E-state index in [1.807, 2.05) is 0 Å². The van der Waals surface area contributed by atoms with Crippen LogP contribution in [-0.2, 0) is 0 Å². The van der Waals surface area contributed by atoms with Crippen LogP contribution in [0.3, 0.4) is 0 Å². The SMILES string of the molecule is O=C(O)n1[nH]nnc1=S.c1cc2ccc1=2. The van der Waals surface area contributed by atoms with Crippen molar-refractivity contribution < 1.29 is 9.90 Å². The first-order chi connectivity index (χ1) is 7.18. The Morgan fingerprint density at radius 3 is 2.00 bits per heavy atom. The van der Waals surface area contributed by atoms with Crippen LogP contribution in [0.5, 0.6) is 0 Å². The summed E-state index contributed by atoms with van der Waals surface area (Å²) >= 11 is 4.44. The van der Waals surface area contributed by atoms with Gasteiger partial charge in [0.2, 0.25) is 4.77 Å². The molecule has 7 heteroatoms. The van der Waals surface area contributed by atoms with Crippen molar-refractivity contribution in [1.82, 2.24) is 20.2 Å². The van der Waals surface area contributed by atoms with Gasteiger partial charge in [0.1, 0.15) is 0 Å². The third-order valence-corrected chi connectivity index (χ3v) is 2.15. The molecule has 2 aliphatic rings. The van der Waals surface area contributed by atoms with E-state index < -0.39 is 6.09 Å². The van der Waals surface area contributed by atoms with Gasteiger partial charge in [-0.2, -0.15) is 5.21 Å². The average Bonchev–Trinajstić information content (AvgIpc) is 2.59. The van der Waals surface area contributed by atoms with Crippen molar-refractivity contribution in [3.8, 4) is 0 Å². The van der Waals surface area contributed by atoms with Crippen molar-refractivity contribution >= 4 is 18.3 Å². The van der Waals surface area contributed by atoms with E-state index in [0.29, 0.717) is 4.68 Å². The van der Waals surface area contributed by atoms with Crippen molar-refractivity contribution in [3.05, 3.63) is 39.5 Å². The lowest BCUT2D eigenvalue weighted by Gasteiger charge is -1.95. The Balaban J connectivity index is 0.000000121. The molecule has 0 aliphatic heterocycles. The summed E-state index contributed by atoms with van der Waals surface area (Å²) in [5, 5.41) is 19.5. The van der Waals surface area contributed by atoms with Crippen LogP contribution >= 0.6 is 12.2 Å². The number of benzene rings is 1. The molecular weight excluding hydrogens is 216 g/mol. The highest BCUT2D eigenvalue weighted by atomic mass is 32.1. The van der Waals surface area contributed by atoms with E-state index in [1.165, 1.54) is 10.4 Å². The highest BCUT2D eigenvalue weighted by Gasteiger charge is 2.00. The van der Waals surface area contributed by atoms with Crippen LogP contribution in [0.2, 0.25) is 0 Å². The number of carbonyl (C=O) groups is 1. The van der Waals surface area contributed by atoms with Crippen molar-refractivity contribution in [2.45, 2.75) is 0 Å². The van der Waals surface area contributed by atoms with E-state index in [-0.39, 0.29) is 4.77 Å². The maximum atomic E-state index is 10.1. The molecule has 0 spiro atoms. The summed E-state index contributed by atoms with van der Waals surface area (Å²) in [4.78, 5) is 10.1. The Morgan fingerprint density at radius 1 is 1.33 bits per heavy atom. The van der Waals surface area contributed by atoms with Crippen LogP contribution in [0.25, 0.3) is 0 Å². The van der Waals surface area contributed by atoms with E-state index in [4.69, 9.17) is 5.11 Å². The van der Waals surface area contributed by atoms with Crippen LogP contribution < -0.4 is 0 Å². The van der Waals surface area contributed by atoms with Gasteiger partial charge in [0.05, 0.1) is 0 Å². The maximum Gasteiger partial charge on any atom is 0.434 e. The zero-order valence-electron chi connectivity index (χ0n) is 7.41. The molecule has 1 heterocycles. The number of aromatic amines is 1. The second-order valence-electron chi connectivity index (χ2n) is 2.78. The second kappa shape index (κ2) is 3.62. The molecule has 76 valence electrons. The first kappa shape index (κ1) is 9.53. The summed E-state index contributed by atoms with van der Waals surface area (Å²) in [7, 11) is 0. The summed E-state index contributed by atoms with van der Waals surface area (Å²) in [6, 6.07) is 8.48. The maximum absolute atomic E-state index is 10.1. The van der Waals surface area contributed by atoms with Crippen LogP contribution in [-0.4, -0.2) is 31.4 Å². The standard InChI is InChI=1S/C6H4.C2H2N4O2S/c1-2-6-4-3-5(1)6;7-2(8)6-1(9)3-4-5-6/h1-4H;(H,7,8)(H,3,5,9). The normalized spacial score (nSPS) is 10.1. The lowest BCUT2D eigenvalue weighted by molar-refractivity contribution is 0.191. The van der Waals surface area contributed by atoms with Crippen molar-refractivity contribution in [2.75, 3.05) is 0 Å². The fourth-order valence-electron chi connectivity index (χ4n) is 0.985. The molecule has 0 saturated heterocycles. The van der Waals surface area contributed by atoms with Crippen molar-refractivity contribution in [1.29, 1.82) is 0 Å². The number of nitrogens with one attached hydrogen (secondary N) is 1. The van der Waals surface area contributed by atoms with Crippen molar-refractivity contribution in [2.24, 2.45) is 0 Å². The minimum Gasteiger partial charge on any atom is -0.463 e. The highest BCUT2D eigenvalue weighted by Crippen LogP contribution is 2.04. The fourth-order valence-corrected chi connectivity index (χ4v) is 1.14. The summed E-state index contributed by atoms with van der Waals surface area (Å²) in [6.07, 6.45) is -1.22. The minimum atomic E-state index is -1.22. The molecule has 0 radical (unpaired) electrons. The van der Waals surface area contributed by atoms with Crippen LogP contribution in [0, 0.1) is 15.2 Å². The van der Waals surface area contributed by atoms with Gasteiger partial charge in [-0.15, -0.1) is 4.68 Å². The monoisotopic (exact) mass is 222 g/mol. The van der Waals surface area contributed by atoms with E-state index in [1.54, 1.807) is 0 Å². The molecule has 0 unspecified atom stereocenters. The molecule has 1 aromatic heterocycles. The number of carboxylic acid groups (broad SMARTS) is 1. The Kier molecular flexibility index (Phi) is 2.30. The molecule has 0 fully saturated rings. The zero-order valence-corrected chi connectivity index (χ0v) is 8.23. The lowest BCUT2D eigenvalue weighted by atomic mass is 10.1. The van der Waals surface area contributed by atoms with Gasteiger partial charge < -0.3 is 5.11 Å². The van der Waals surface area contributed by atoms with Gasteiger partial charge in [-0.3, -0.25) is 0 Å². The van der Waals surface area contributed by atoms with Crippen molar-refractivity contribution in [3.63, 3.8) is 0 Å². The summed E-state index contributed by atoms with van der Waals surface area (Å²) in [5.74, 6) is 0. The van der Waals surface area contributed by atoms with Gasteiger partial charge in [-0.1, -0.05) is 34.6 Å². The van der Waals surface area contributed by atoms with E-state index in [0.717, 1.165) is 0 Å². The largest absolute Gasteiger partial charge is 0.463 e. The number of hydrogen-bond donors (Lipinski definition) is 2. The minimum absolute atomic E-state index is 0.0949. The Morgan fingerprint density at radius 2 is 1.87 bits per heavy atom. The number of nitrogens with zero attached hydrogens (tertiary/aromatic N) is 3. The third-order valence-electron chi connectivity index (χ3n) is 1.88. The molecule has 15 heavy (non-hydrogen) atoms. The fraction of sp³-hybridized carbons (Fsp3) is 0. The number of aromatic nitrogens is 4. The van der Waals surface area contributed by atoms with Gasteiger partial charge in [0, 0.05) is 0 Å². The zero-order chi connectivity index (χ0) is 10.8. The second-order valence-corrected chi connectivity index (χ2v) is 3.14. The Bertz CT molecular complexity index is 595. The quantitative estimate of drug-likeness (QED) is 0.440. The Hall–Kier alpha value is -2.02. The van der Waals surface area contributed by atoms with E-state index in [9.17, 15) is 4.79 Å². The summed E-state index contributed by atoms with van der Waals surface area (Å²) in [6.45, 7) is 0. The topological polar surface area (TPSA) is 83.8 Å². The predicted octanol–water partition coefficient (Wildman–Crippen LogP) is 1.15. The lowest BCUT2D eigenvalue weighted by Crippen LogP contribution is -2.09. The van der Waals surface area contributed by atoms with Crippen LogP contribution in [0.1, 0.15) is 0 Å². The number of H-pyrrole nitrogens is 1. The third kappa shape index (κ3) is 1.77. The van der Waals surface area contributed by atoms with Gasteiger partial charge in [0.25, 0.3) is 0 Å². The summed E-state index contributed by atoms with van der Waals surface area (Å²) < 4.78 is 0.539. The molecule has 0 bridgehead atoms. The highest BCUT2D eigenvalue weighted by molar-refractivity contribution is 7.71. The number of tetrazole rings is 1. The smallest absolute Gasteiger partial charge is 0.434 e. The molecule has 3 rings (SSSR count). The molecular formula is C8H6N4O2S. The predicted molar refractivity (Wildman–Crippen MR) is 52.7 cm³/mol. The molecule has 2 aliphatic carbocycles. The van der Waals surface area contributed by atoms with E-state index >= 15 is 0 Å². The van der Waals surface area contributed by atoms with Gasteiger partial charge in [-0.05, 0) is 22.7 Å². The molecule has 0 atom stereocenters. The first-order valence-electron chi connectivity index (χ1n) is 4.02. The summed E-state index contributed by atoms with van der Waals surface area (Å²) in [5.41, 5.74) is 0. The molecule has 0 saturated carbocycles. The van der Waals surface area contributed by atoms with Gasteiger partial charge in [0.15, 0.2) is 0 Å². The molecule has 2 N–H and O–H groups in total. The Labute approximate surface area is 88.5 Å². The van der Waals surface area contributed by atoms with Crippen LogP contribution in [0.4, 0.5) is 4.79 Å². The molecule has 1 aromatic rings. The molecule has 0 aromatic carbocycles. The van der Waals surface area contributed by atoms with Gasteiger partial charge >= 0.3 is 6.09 Å². The van der Waals surface area contributed by atoms with E-state index in [2.05, 4.69) is 52.0 Å². The molecule has 0 amide bonds.